The Hall–Kier alpha value is -3.32. The van der Waals surface area contributed by atoms with Crippen LogP contribution in [0.15, 0.2) is 114 Å². The summed E-state index contributed by atoms with van der Waals surface area (Å²) in [6.07, 6.45) is 2.38. The van der Waals surface area contributed by atoms with Gasteiger partial charge in [0.15, 0.2) is 0 Å². The molecule has 0 spiro atoms. The minimum absolute atomic E-state index is 0.146. The van der Waals surface area contributed by atoms with Crippen molar-refractivity contribution in [3.05, 3.63) is 126 Å². The molecule has 0 fully saturated rings. The number of rotatable bonds is 9. The van der Waals surface area contributed by atoms with Crippen LogP contribution in [0.4, 0.5) is 0 Å². The van der Waals surface area contributed by atoms with Crippen LogP contribution in [0.5, 0.6) is 0 Å². The molecular formula is C37H43NO3SSi. The zero-order valence-corrected chi connectivity index (χ0v) is 27.7. The predicted octanol–water partition coefficient (Wildman–Crippen LogP) is 6.49. The molecule has 1 N–H and O–H groups in total. The second-order valence-electron chi connectivity index (χ2n) is 12.8. The summed E-state index contributed by atoms with van der Waals surface area (Å²) in [5, 5.41) is 2.45. The zero-order chi connectivity index (χ0) is 30.7. The monoisotopic (exact) mass is 609 g/mol. The van der Waals surface area contributed by atoms with E-state index < -0.39 is 30.5 Å². The van der Waals surface area contributed by atoms with E-state index in [1.807, 2.05) is 43.3 Å². The Bertz CT molecular complexity index is 1530. The molecule has 0 radical (unpaired) electrons. The third-order valence-corrected chi connectivity index (χ3v) is 16.9. The third kappa shape index (κ3) is 5.80. The molecule has 4 nitrogen and oxygen atoms in total. The molecule has 43 heavy (non-hydrogen) atoms. The van der Waals surface area contributed by atoms with E-state index in [1.54, 1.807) is 0 Å². The largest absolute Gasteiger partial charge is 0.468 e. The first-order valence-corrected chi connectivity index (χ1v) is 18.5. The van der Waals surface area contributed by atoms with E-state index >= 15 is 0 Å². The van der Waals surface area contributed by atoms with Crippen LogP contribution in [0.2, 0.25) is 11.1 Å². The summed E-state index contributed by atoms with van der Waals surface area (Å²) in [6, 6.07) is 37.8. The lowest BCUT2D eigenvalue weighted by Crippen LogP contribution is -2.69. The van der Waals surface area contributed by atoms with E-state index in [9.17, 15) is 9.00 Å². The van der Waals surface area contributed by atoms with Gasteiger partial charge in [-0.05, 0) is 60.5 Å². The van der Waals surface area contributed by atoms with Crippen molar-refractivity contribution in [2.75, 3.05) is 7.11 Å². The van der Waals surface area contributed by atoms with Gasteiger partial charge in [-0.1, -0.05) is 134 Å². The van der Waals surface area contributed by atoms with Crippen molar-refractivity contribution < 1.29 is 13.7 Å². The number of benzene rings is 4. The Morgan fingerprint density at radius 3 is 2.00 bits per heavy atom. The van der Waals surface area contributed by atoms with E-state index in [0.29, 0.717) is 17.4 Å². The molecule has 4 aromatic rings. The van der Waals surface area contributed by atoms with Gasteiger partial charge in [-0.25, -0.2) is 8.93 Å². The zero-order valence-electron chi connectivity index (χ0n) is 25.9. The highest BCUT2D eigenvalue weighted by Gasteiger charge is 2.57. The first-order chi connectivity index (χ1) is 20.6. The van der Waals surface area contributed by atoms with E-state index in [1.165, 1.54) is 17.5 Å². The van der Waals surface area contributed by atoms with Crippen LogP contribution < -0.4 is 15.1 Å². The number of aryl methyl sites for hydroxylation is 2. The molecule has 1 unspecified atom stereocenters. The fourth-order valence-electron chi connectivity index (χ4n) is 7.27. The van der Waals surface area contributed by atoms with Gasteiger partial charge in [0.2, 0.25) is 0 Å². The highest BCUT2D eigenvalue weighted by molar-refractivity contribution is 7.83. The Kier molecular flexibility index (Phi) is 9.21. The highest BCUT2D eigenvalue weighted by atomic mass is 32.2. The fourth-order valence-corrected chi connectivity index (χ4v) is 14.2. The van der Waals surface area contributed by atoms with Gasteiger partial charge in [-0.3, -0.25) is 4.79 Å². The summed E-state index contributed by atoms with van der Waals surface area (Å²) in [5.41, 5.74) is 2.26. The molecule has 224 valence electrons. The summed E-state index contributed by atoms with van der Waals surface area (Å²) in [7, 11) is -2.77. The normalized spacial score (nSPS) is 18.3. The number of fused-ring (bicyclic) bond motifs is 1. The number of carbonyl (C=O) groups excluding carboxylic acids is 1. The van der Waals surface area contributed by atoms with E-state index in [-0.39, 0.29) is 11.0 Å². The summed E-state index contributed by atoms with van der Waals surface area (Å²) < 4.78 is 23.5. The Morgan fingerprint density at radius 2 is 1.44 bits per heavy atom. The van der Waals surface area contributed by atoms with Crippen LogP contribution in [0.1, 0.15) is 50.3 Å². The molecular weight excluding hydrogens is 567 g/mol. The van der Waals surface area contributed by atoms with Crippen molar-refractivity contribution in [3.8, 4) is 0 Å². The maximum atomic E-state index is 14.3. The highest BCUT2D eigenvalue weighted by Crippen LogP contribution is 2.47. The van der Waals surface area contributed by atoms with E-state index in [0.717, 1.165) is 29.5 Å². The van der Waals surface area contributed by atoms with Crippen molar-refractivity contribution in [2.24, 2.45) is 0 Å². The quantitative estimate of drug-likeness (QED) is 0.174. The lowest BCUT2D eigenvalue weighted by Gasteiger charge is -2.50. The lowest BCUT2D eigenvalue weighted by molar-refractivity contribution is -0.149. The van der Waals surface area contributed by atoms with Crippen LogP contribution >= 0.6 is 0 Å². The molecule has 0 saturated carbocycles. The number of methoxy groups -OCH3 is 1. The van der Waals surface area contributed by atoms with Gasteiger partial charge in [0.1, 0.15) is 24.5 Å². The van der Waals surface area contributed by atoms with Crippen LogP contribution in [0.25, 0.3) is 0 Å². The maximum absolute atomic E-state index is 14.3. The number of carbonyl (C=O) groups is 1. The number of ether oxygens (including phenoxy) is 1. The number of hydrogen-bond donors (Lipinski definition) is 1. The Balaban J connectivity index is 1.78. The van der Waals surface area contributed by atoms with Crippen LogP contribution in [0, 0.1) is 6.92 Å². The van der Waals surface area contributed by atoms with Crippen LogP contribution in [0.3, 0.4) is 0 Å². The number of esters is 1. The lowest BCUT2D eigenvalue weighted by atomic mass is 9.66. The van der Waals surface area contributed by atoms with Gasteiger partial charge in [0.25, 0.3) is 0 Å². The van der Waals surface area contributed by atoms with Crippen molar-refractivity contribution in [1.29, 1.82) is 0 Å². The molecule has 1 aliphatic carbocycles. The molecule has 1 aliphatic rings. The molecule has 0 heterocycles. The fraction of sp³-hybridized carbons (Fsp3) is 0.324. The Labute approximate surface area is 260 Å². The second kappa shape index (κ2) is 12.7. The molecule has 0 saturated heterocycles. The molecule has 0 aliphatic heterocycles. The summed E-state index contributed by atoms with van der Waals surface area (Å²) >= 11 is 0. The topological polar surface area (TPSA) is 55.4 Å². The maximum Gasteiger partial charge on any atom is 0.317 e. The predicted molar refractivity (Wildman–Crippen MR) is 180 cm³/mol. The first kappa shape index (κ1) is 31.1. The molecule has 6 heteroatoms. The van der Waals surface area contributed by atoms with Gasteiger partial charge in [0, 0.05) is 6.04 Å². The molecule has 0 amide bonds. The van der Waals surface area contributed by atoms with Crippen LogP contribution in [-0.2, 0) is 32.4 Å². The van der Waals surface area contributed by atoms with Gasteiger partial charge >= 0.3 is 5.97 Å². The standard InChI is InChI=1S/C37H43NO3SSi/c1-28-22-24-30(25-23-28)42(40)38-34(37(35(39)41-5)26-14-16-29-15-12-13-21-33(29)37)27-43(36(2,3)4,31-17-8-6-9-18-31)32-19-10-7-11-20-32/h6-13,15,17-25,34,38H,14,16,26-27H2,1-5H3/t34-,37?,42-/m0/s1. The minimum atomic E-state index is -2.70. The summed E-state index contributed by atoms with van der Waals surface area (Å²) in [5.74, 6) is -0.268. The SMILES string of the molecule is COC(=O)C1([C@H](C[Si](c2ccccc2)(c2ccccc2)C(C)(C)C)N[S@@](=O)c2ccc(C)cc2)CCCc2ccccc21. The molecule has 5 rings (SSSR count). The van der Waals surface area contributed by atoms with Crippen molar-refractivity contribution in [1.82, 2.24) is 4.72 Å². The van der Waals surface area contributed by atoms with Crippen molar-refractivity contribution in [3.63, 3.8) is 0 Å². The average Bonchev–Trinajstić information content (AvgIpc) is 3.02. The molecule has 3 atom stereocenters. The Morgan fingerprint density at radius 1 is 0.884 bits per heavy atom. The van der Waals surface area contributed by atoms with E-state index in [4.69, 9.17) is 4.74 Å². The summed E-state index contributed by atoms with van der Waals surface area (Å²) in [4.78, 5) is 15.0. The van der Waals surface area contributed by atoms with Crippen molar-refractivity contribution >= 4 is 35.4 Å². The average molecular weight is 610 g/mol. The molecule has 4 aromatic carbocycles. The summed E-state index contributed by atoms with van der Waals surface area (Å²) in [6.45, 7) is 9.00. The van der Waals surface area contributed by atoms with E-state index in [2.05, 4.69) is 98.3 Å². The van der Waals surface area contributed by atoms with Crippen molar-refractivity contribution in [2.45, 2.75) is 74.4 Å². The third-order valence-electron chi connectivity index (χ3n) is 9.47. The first-order valence-electron chi connectivity index (χ1n) is 15.2. The van der Waals surface area contributed by atoms with Gasteiger partial charge in [0.05, 0.1) is 12.0 Å². The van der Waals surface area contributed by atoms with Gasteiger partial charge < -0.3 is 4.74 Å². The second-order valence-corrected chi connectivity index (χ2v) is 18.9. The van der Waals surface area contributed by atoms with Gasteiger partial charge in [-0.15, -0.1) is 0 Å². The van der Waals surface area contributed by atoms with Crippen LogP contribution in [-0.4, -0.2) is 31.4 Å². The van der Waals surface area contributed by atoms with Gasteiger partial charge in [-0.2, -0.15) is 0 Å². The number of nitrogens with one attached hydrogen (secondary N) is 1. The minimum Gasteiger partial charge on any atom is -0.468 e. The number of hydrogen-bond acceptors (Lipinski definition) is 3. The smallest absolute Gasteiger partial charge is 0.317 e. The molecule has 0 aromatic heterocycles. The molecule has 0 bridgehead atoms.